The van der Waals surface area contributed by atoms with Gasteiger partial charge >= 0.3 is 11.6 Å². The van der Waals surface area contributed by atoms with Crippen LogP contribution in [0.4, 0.5) is 17.2 Å². The van der Waals surface area contributed by atoms with E-state index >= 15 is 0 Å². The lowest BCUT2D eigenvalue weighted by molar-refractivity contribution is -0.385. The summed E-state index contributed by atoms with van der Waals surface area (Å²) in [6, 6.07) is 10.2. The summed E-state index contributed by atoms with van der Waals surface area (Å²) >= 11 is 3.31. The molecule has 24 heavy (non-hydrogen) atoms. The van der Waals surface area contributed by atoms with Crippen molar-refractivity contribution in [1.29, 1.82) is 0 Å². The van der Waals surface area contributed by atoms with Crippen LogP contribution in [0.15, 0.2) is 59.6 Å². The van der Waals surface area contributed by atoms with Crippen molar-refractivity contribution in [3.05, 3.63) is 69.7 Å². The Kier molecular flexibility index (Phi) is 4.62. The van der Waals surface area contributed by atoms with Crippen LogP contribution >= 0.6 is 15.9 Å². The van der Waals surface area contributed by atoms with Gasteiger partial charge in [-0.15, -0.1) is 0 Å². The molecule has 0 saturated heterocycles. The number of hydrogen-bond acceptors (Lipinski definition) is 7. The highest BCUT2D eigenvalue weighted by Crippen LogP contribution is 2.35. The summed E-state index contributed by atoms with van der Waals surface area (Å²) in [5.74, 6) is 0.317. The van der Waals surface area contributed by atoms with Gasteiger partial charge in [-0.05, 0) is 36.4 Å². The number of nitrogens with one attached hydrogen (secondary N) is 1. The highest BCUT2D eigenvalue weighted by molar-refractivity contribution is 9.10. The molecule has 9 heteroatoms. The lowest BCUT2D eigenvalue weighted by Crippen LogP contribution is -2.03. The van der Waals surface area contributed by atoms with Gasteiger partial charge in [0.05, 0.1) is 4.92 Å². The van der Waals surface area contributed by atoms with Crippen molar-refractivity contribution in [2.24, 2.45) is 0 Å². The molecule has 0 radical (unpaired) electrons. The number of anilines is 2. The molecule has 3 aromatic rings. The minimum Gasteiger partial charge on any atom is -0.434 e. The molecule has 0 unspecified atom stereocenters. The summed E-state index contributed by atoms with van der Waals surface area (Å²) in [6.45, 7) is 0. The Hall–Kier alpha value is -3.07. The number of halogens is 1. The molecule has 0 spiro atoms. The lowest BCUT2D eigenvalue weighted by atomic mass is 10.3. The maximum absolute atomic E-state index is 11.5. The molecular formula is C15H10BrN5O3. The Morgan fingerprint density at radius 2 is 1.79 bits per heavy atom. The van der Waals surface area contributed by atoms with Crippen LogP contribution in [0.3, 0.4) is 0 Å². The fourth-order valence-corrected chi connectivity index (χ4v) is 2.14. The summed E-state index contributed by atoms with van der Waals surface area (Å²) in [6.07, 6.45) is 4.33. The second-order valence-electron chi connectivity index (χ2n) is 4.55. The molecule has 0 fully saturated rings. The van der Waals surface area contributed by atoms with Gasteiger partial charge in [-0.2, -0.15) is 4.98 Å². The number of hydrogen-bond donors (Lipinski definition) is 1. The average Bonchev–Trinajstić information content (AvgIpc) is 2.58. The molecule has 0 atom stereocenters. The Balaban J connectivity index is 1.96. The van der Waals surface area contributed by atoms with Crippen molar-refractivity contribution >= 4 is 33.1 Å². The molecule has 0 saturated carbocycles. The van der Waals surface area contributed by atoms with Crippen LogP contribution in [0.1, 0.15) is 0 Å². The lowest BCUT2D eigenvalue weighted by Gasteiger charge is -2.09. The van der Waals surface area contributed by atoms with Gasteiger partial charge in [0, 0.05) is 22.6 Å². The van der Waals surface area contributed by atoms with E-state index in [0.29, 0.717) is 11.4 Å². The maximum Gasteiger partial charge on any atom is 0.373 e. The molecule has 1 aromatic carbocycles. The molecule has 2 aromatic heterocycles. The van der Waals surface area contributed by atoms with Gasteiger partial charge < -0.3 is 10.1 Å². The van der Waals surface area contributed by atoms with Crippen molar-refractivity contribution in [3.8, 4) is 11.6 Å². The molecule has 0 amide bonds. The van der Waals surface area contributed by atoms with Crippen LogP contribution in [0.5, 0.6) is 11.6 Å². The van der Waals surface area contributed by atoms with Crippen molar-refractivity contribution in [1.82, 2.24) is 15.0 Å². The van der Waals surface area contributed by atoms with Gasteiger partial charge in [-0.1, -0.05) is 15.9 Å². The number of nitrogens with zero attached hydrogens (tertiary/aromatic N) is 4. The Morgan fingerprint density at radius 3 is 2.46 bits per heavy atom. The molecule has 0 bridgehead atoms. The Morgan fingerprint density at radius 1 is 1.08 bits per heavy atom. The highest BCUT2D eigenvalue weighted by atomic mass is 79.9. The number of nitro groups is 1. The zero-order valence-electron chi connectivity index (χ0n) is 12.1. The maximum atomic E-state index is 11.5. The van der Waals surface area contributed by atoms with Crippen LogP contribution in [-0.2, 0) is 0 Å². The summed E-state index contributed by atoms with van der Waals surface area (Å²) in [5, 5.41) is 14.3. The minimum absolute atomic E-state index is 0.0355. The molecule has 120 valence electrons. The number of pyridine rings is 1. The first-order chi connectivity index (χ1) is 11.6. The van der Waals surface area contributed by atoms with Crippen molar-refractivity contribution < 1.29 is 9.66 Å². The van der Waals surface area contributed by atoms with Crippen LogP contribution in [0.2, 0.25) is 0 Å². The smallest absolute Gasteiger partial charge is 0.373 e. The van der Waals surface area contributed by atoms with Gasteiger partial charge in [0.2, 0.25) is 5.82 Å². The molecule has 0 aliphatic rings. The number of aromatic nitrogens is 3. The predicted octanol–water partition coefficient (Wildman–Crippen LogP) is 4.08. The first kappa shape index (κ1) is 15.8. The molecule has 3 rings (SSSR count). The largest absolute Gasteiger partial charge is 0.434 e. The highest BCUT2D eigenvalue weighted by Gasteiger charge is 2.25. The minimum atomic E-state index is -0.586. The number of ether oxygens (including phenoxy) is 1. The van der Waals surface area contributed by atoms with Gasteiger partial charge in [-0.25, -0.2) is 4.98 Å². The van der Waals surface area contributed by atoms with E-state index in [1.807, 2.05) is 0 Å². The fourth-order valence-electron chi connectivity index (χ4n) is 1.88. The fraction of sp³-hybridized carbons (Fsp3) is 0. The quantitative estimate of drug-likeness (QED) is 0.519. The van der Waals surface area contributed by atoms with E-state index in [-0.39, 0.29) is 17.4 Å². The van der Waals surface area contributed by atoms with E-state index in [1.165, 1.54) is 6.33 Å². The molecular weight excluding hydrogens is 378 g/mol. The zero-order valence-corrected chi connectivity index (χ0v) is 13.7. The van der Waals surface area contributed by atoms with Crippen LogP contribution in [-0.4, -0.2) is 19.9 Å². The molecule has 0 aliphatic heterocycles. The monoisotopic (exact) mass is 387 g/mol. The van der Waals surface area contributed by atoms with Gasteiger partial charge in [0.15, 0.2) is 0 Å². The van der Waals surface area contributed by atoms with Crippen molar-refractivity contribution in [3.63, 3.8) is 0 Å². The van der Waals surface area contributed by atoms with Gasteiger partial charge in [0.1, 0.15) is 12.1 Å². The summed E-state index contributed by atoms with van der Waals surface area (Å²) in [4.78, 5) is 22.6. The second-order valence-corrected chi connectivity index (χ2v) is 5.47. The van der Waals surface area contributed by atoms with Crippen LogP contribution in [0, 0.1) is 10.1 Å². The van der Waals surface area contributed by atoms with E-state index in [4.69, 9.17) is 4.74 Å². The third-order valence-corrected chi connectivity index (χ3v) is 3.47. The summed E-state index contributed by atoms with van der Waals surface area (Å²) in [5.41, 5.74) is 0.263. The van der Waals surface area contributed by atoms with E-state index in [0.717, 1.165) is 4.47 Å². The molecule has 2 heterocycles. The Labute approximate surface area is 144 Å². The topological polar surface area (TPSA) is 103 Å². The Bertz CT molecular complexity index is 859. The second kappa shape index (κ2) is 7.01. The predicted molar refractivity (Wildman–Crippen MR) is 90.4 cm³/mol. The number of benzene rings is 1. The first-order valence-corrected chi connectivity index (χ1v) is 7.52. The third kappa shape index (κ3) is 3.63. The zero-order chi connectivity index (χ0) is 16.9. The third-order valence-electron chi connectivity index (χ3n) is 2.94. The van der Waals surface area contributed by atoms with E-state index in [2.05, 4.69) is 36.2 Å². The SMILES string of the molecule is O=[N+]([O-])c1c(Nc2ccncc2)ncnc1Oc1ccc(Br)cc1. The average molecular weight is 388 g/mol. The molecule has 1 N–H and O–H groups in total. The van der Waals surface area contributed by atoms with E-state index in [9.17, 15) is 10.1 Å². The van der Waals surface area contributed by atoms with Crippen molar-refractivity contribution in [2.75, 3.05) is 5.32 Å². The summed E-state index contributed by atoms with van der Waals surface area (Å²) in [7, 11) is 0. The van der Waals surface area contributed by atoms with Gasteiger partial charge in [-0.3, -0.25) is 15.1 Å². The first-order valence-electron chi connectivity index (χ1n) is 6.73. The normalized spacial score (nSPS) is 10.2. The molecule has 0 aliphatic carbocycles. The van der Waals surface area contributed by atoms with E-state index < -0.39 is 4.92 Å². The van der Waals surface area contributed by atoms with Crippen molar-refractivity contribution in [2.45, 2.75) is 0 Å². The van der Waals surface area contributed by atoms with Crippen LogP contribution < -0.4 is 10.1 Å². The van der Waals surface area contributed by atoms with E-state index in [1.54, 1.807) is 48.8 Å². The standard InChI is InChI=1S/C15H10BrN5O3/c16-10-1-3-12(4-2-10)24-15-13(21(22)23)14(18-9-19-15)20-11-5-7-17-8-6-11/h1-9H,(H,17,18,19,20). The summed E-state index contributed by atoms with van der Waals surface area (Å²) < 4.78 is 6.41. The van der Waals surface area contributed by atoms with Crippen LogP contribution in [0.25, 0.3) is 0 Å². The molecule has 8 nitrogen and oxygen atoms in total. The van der Waals surface area contributed by atoms with Gasteiger partial charge in [0.25, 0.3) is 0 Å². The number of rotatable bonds is 5.